The maximum Gasteiger partial charge on any atom is 0.295 e. The van der Waals surface area contributed by atoms with Crippen molar-refractivity contribution in [1.29, 1.82) is 0 Å². The standard InChI is InChI=1S/C24H26ClFN4O4S/c1-16-22(24(32)30(28(16)2)18-7-4-3-5-8-18)27-23(31)17-11-13-29(14-12-17)35(33,34)15-19-20(25)9-6-10-21(19)26/h3-10,17H,11-15H2,1-2H3,(H,27,31). The van der Waals surface area contributed by atoms with Crippen molar-refractivity contribution < 1.29 is 17.6 Å². The highest BCUT2D eigenvalue weighted by atomic mass is 35.5. The number of piperidine rings is 1. The van der Waals surface area contributed by atoms with E-state index < -0.39 is 27.5 Å². The molecule has 1 N–H and O–H groups in total. The van der Waals surface area contributed by atoms with Crippen LogP contribution in [0.3, 0.4) is 0 Å². The van der Waals surface area contributed by atoms with E-state index in [1.54, 1.807) is 30.8 Å². The molecular weight excluding hydrogens is 495 g/mol. The summed E-state index contributed by atoms with van der Waals surface area (Å²) in [5.41, 5.74) is 1.08. The Hall–Kier alpha value is -2.95. The molecule has 11 heteroatoms. The molecule has 1 aliphatic rings. The third-order valence-electron chi connectivity index (χ3n) is 6.41. The number of amides is 1. The highest BCUT2D eigenvalue weighted by molar-refractivity contribution is 7.88. The van der Waals surface area contributed by atoms with Crippen molar-refractivity contribution in [2.24, 2.45) is 13.0 Å². The molecule has 3 aromatic rings. The molecule has 0 atom stereocenters. The van der Waals surface area contributed by atoms with Gasteiger partial charge < -0.3 is 5.32 Å². The fraction of sp³-hybridized carbons (Fsp3) is 0.333. The summed E-state index contributed by atoms with van der Waals surface area (Å²) in [7, 11) is -2.07. The Morgan fingerprint density at radius 2 is 1.77 bits per heavy atom. The molecule has 0 saturated carbocycles. The molecule has 0 unspecified atom stereocenters. The Bertz CT molecular complexity index is 1390. The lowest BCUT2D eigenvalue weighted by Crippen LogP contribution is -2.42. The molecule has 1 aromatic heterocycles. The van der Waals surface area contributed by atoms with E-state index in [1.807, 2.05) is 18.2 Å². The molecule has 35 heavy (non-hydrogen) atoms. The number of para-hydroxylation sites is 1. The third-order valence-corrected chi connectivity index (χ3v) is 8.57. The Balaban J connectivity index is 1.44. The van der Waals surface area contributed by atoms with Crippen molar-refractivity contribution in [2.75, 3.05) is 18.4 Å². The average Bonchev–Trinajstić information content (AvgIpc) is 3.05. The minimum atomic E-state index is -3.82. The van der Waals surface area contributed by atoms with Crippen LogP contribution in [0, 0.1) is 18.7 Å². The first-order valence-electron chi connectivity index (χ1n) is 11.2. The second-order valence-electron chi connectivity index (χ2n) is 8.56. The fourth-order valence-electron chi connectivity index (χ4n) is 4.28. The number of benzene rings is 2. The molecule has 186 valence electrons. The quantitative estimate of drug-likeness (QED) is 0.538. The zero-order valence-corrected chi connectivity index (χ0v) is 20.9. The highest BCUT2D eigenvalue weighted by Gasteiger charge is 2.33. The summed E-state index contributed by atoms with van der Waals surface area (Å²) in [6, 6.07) is 13.1. The SMILES string of the molecule is Cc1c(NC(=O)C2CCN(S(=O)(=O)Cc3c(F)cccc3Cl)CC2)c(=O)n(-c2ccccc2)n1C. The van der Waals surface area contributed by atoms with Crippen molar-refractivity contribution in [3.8, 4) is 5.69 Å². The molecule has 0 radical (unpaired) electrons. The summed E-state index contributed by atoms with van der Waals surface area (Å²) < 4.78 is 44.2. The van der Waals surface area contributed by atoms with E-state index in [9.17, 15) is 22.4 Å². The molecule has 1 amide bonds. The summed E-state index contributed by atoms with van der Waals surface area (Å²) in [6.07, 6.45) is 0.573. The minimum absolute atomic E-state index is 0.0576. The predicted molar refractivity (Wildman–Crippen MR) is 133 cm³/mol. The Morgan fingerprint density at radius 3 is 2.40 bits per heavy atom. The van der Waals surface area contributed by atoms with Crippen LogP contribution in [0.5, 0.6) is 0 Å². The van der Waals surface area contributed by atoms with Gasteiger partial charge in [-0.05, 0) is 44.0 Å². The van der Waals surface area contributed by atoms with Crippen LogP contribution in [0.15, 0.2) is 53.3 Å². The van der Waals surface area contributed by atoms with Gasteiger partial charge in [0, 0.05) is 36.6 Å². The number of aromatic nitrogens is 2. The van der Waals surface area contributed by atoms with Crippen LogP contribution in [-0.4, -0.2) is 41.1 Å². The highest BCUT2D eigenvalue weighted by Crippen LogP contribution is 2.26. The minimum Gasteiger partial charge on any atom is -0.320 e. The Kier molecular flexibility index (Phi) is 7.16. The monoisotopic (exact) mass is 520 g/mol. The van der Waals surface area contributed by atoms with Crippen molar-refractivity contribution >= 4 is 33.2 Å². The lowest BCUT2D eigenvalue weighted by atomic mass is 9.97. The van der Waals surface area contributed by atoms with Gasteiger partial charge in [0.25, 0.3) is 5.56 Å². The van der Waals surface area contributed by atoms with E-state index in [1.165, 1.54) is 27.2 Å². The number of hydrogen-bond donors (Lipinski definition) is 1. The van der Waals surface area contributed by atoms with E-state index >= 15 is 0 Å². The maximum atomic E-state index is 14.1. The normalized spacial score (nSPS) is 15.3. The number of sulfonamides is 1. The van der Waals surface area contributed by atoms with E-state index in [-0.39, 0.29) is 53.7 Å². The summed E-state index contributed by atoms with van der Waals surface area (Å²) in [5, 5.41) is 2.82. The van der Waals surface area contributed by atoms with Crippen LogP contribution in [0.2, 0.25) is 5.02 Å². The van der Waals surface area contributed by atoms with E-state index in [0.717, 1.165) is 0 Å². The zero-order valence-electron chi connectivity index (χ0n) is 19.4. The Labute approximate surface area is 208 Å². The van der Waals surface area contributed by atoms with Gasteiger partial charge in [0.2, 0.25) is 15.9 Å². The van der Waals surface area contributed by atoms with Crippen LogP contribution in [0.25, 0.3) is 5.69 Å². The van der Waals surface area contributed by atoms with Gasteiger partial charge >= 0.3 is 0 Å². The lowest BCUT2D eigenvalue weighted by molar-refractivity contribution is -0.120. The number of carbonyl (C=O) groups is 1. The van der Waals surface area contributed by atoms with Crippen LogP contribution in [0.1, 0.15) is 24.1 Å². The fourth-order valence-corrected chi connectivity index (χ4v) is 6.19. The lowest BCUT2D eigenvalue weighted by Gasteiger charge is -2.30. The third kappa shape index (κ3) is 5.05. The molecule has 1 saturated heterocycles. The summed E-state index contributed by atoms with van der Waals surface area (Å²) >= 11 is 5.99. The second-order valence-corrected chi connectivity index (χ2v) is 10.9. The average molecular weight is 521 g/mol. The molecule has 0 aliphatic carbocycles. The number of halogens is 2. The predicted octanol–water partition coefficient (Wildman–Crippen LogP) is 3.46. The molecule has 4 rings (SSSR count). The van der Waals surface area contributed by atoms with Crippen LogP contribution in [-0.2, 0) is 27.6 Å². The molecule has 2 aromatic carbocycles. The molecule has 2 heterocycles. The zero-order chi connectivity index (χ0) is 25.3. The first kappa shape index (κ1) is 25.2. The van der Waals surface area contributed by atoms with E-state index in [0.29, 0.717) is 11.4 Å². The van der Waals surface area contributed by atoms with E-state index in [2.05, 4.69) is 5.32 Å². The molecule has 0 bridgehead atoms. The first-order chi connectivity index (χ1) is 16.6. The number of rotatable bonds is 6. The van der Waals surface area contributed by atoms with Gasteiger partial charge in [0.05, 0.1) is 17.1 Å². The van der Waals surface area contributed by atoms with Gasteiger partial charge in [-0.15, -0.1) is 0 Å². The molecular formula is C24H26ClFN4O4S. The summed E-state index contributed by atoms with van der Waals surface area (Å²) in [5.74, 6) is -2.00. The van der Waals surface area contributed by atoms with Gasteiger partial charge in [-0.2, -0.15) is 0 Å². The first-order valence-corrected chi connectivity index (χ1v) is 13.1. The van der Waals surface area contributed by atoms with Crippen molar-refractivity contribution in [1.82, 2.24) is 13.7 Å². The van der Waals surface area contributed by atoms with Gasteiger partial charge in [-0.25, -0.2) is 21.8 Å². The van der Waals surface area contributed by atoms with Gasteiger partial charge in [0.1, 0.15) is 11.5 Å². The number of nitrogens with one attached hydrogen (secondary N) is 1. The number of nitrogens with zero attached hydrogens (tertiary/aromatic N) is 3. The van der Waals surface area contributed by atoms with Crippen LogP contribution < -0.4 is 10.9 Å². The smallest absolute Gasteiger partial charge is 0.295 e. The van der Waals surface area contributed by atoms with Crippen molar-refractivity contribution in [3.05, 3.63) is 81.0 Å². The molecule has 1 aliphatic heterocycles. The number of hydrogen-bond acceptors (Lipinski definition) is 4. The van der Waals surface area contributed by atoms with Gasteiger partial charge in [-0.1, -0.05) is 35.9 Å². The van der Waals surface area contributed by atoms with Gasteiger partial charge in [0.15, 0.2) is 0 Å². The second kappa shape index (κ2) is 9.96. The molecule has 0 spiro atoms. The van der Waals surface area contributed by atoms with Crippen LogP contribution in [0.4, 0.5) is 10.1 Å². The molecule has 8 nitrogen and oxygen atoms in total. The Morgan fingerprint density at radius 1 is 1.11 bits per heavy atom. The maximum absolute atomic E-state index is 14.1. The summed E-state index contributed by atoms with van der Waals surface area (Å²) in [6.45, 7) is 1.99. The summed E-state index contributed by atoms with van der Waals surface area (Å²) in [4.78, 5) is 26.0. The topological polar surface area (TPSA) is 93.4 Å². The largest absolute Gasteiger partial charge is 0.320 e. The molecule has 1 fully saturated rings. The van der Waals surface area contributed by atoms with E-state index in [4.69, 9.17) is 11.6 Å². The number of carbonyl (C=O) groups excluding carboxylic acids is 1. The van der Waals surface area contributed by atoms with Crippen LogP contribution >= 0.6 is 11.6 Å². The van der Waals surface area contributed by atoms with Gasteiger partial charge in [-0.3, -0.25) is 14.3 Å². The van der Waals surface area contributed by atoms with Crippen molar-refractivity contribution in [3.63, 3.8) is 0 Å². The number of anilines is 1. The van der Waals surface area contributed by atoms with Crippen molar-refractivity contribution in [2.45, 2.75) is 25.5 Å².